The molecule has 0 saturated heterocycles. The summed E-state index contributed by atoms with van der Waals surface area (Å²) in [5.74, 6) is 0.213. The number of carbonyl (C=O) groups is 2. The summed E-state index contributed by atoms with van der Waals surface area (Å²) in [4.78, 5) is 24.4. The molecule has 0 aliphatic rings. The summed E-state index contributed by atoms with van der Waals surface area (Å²) in [7, 11) is 0. The Labute approximate surface area is 151 Å². The molecule has 3 rings (SSSR count). The molecule has 1 aromatic carbocycles. The monoisotopic (exact) mass is 351 g/mol. The Bertz CT molecular complexity index is 904. The number of fused-ring (bicyclic) bond motifs is 1. The number of hydrogen-bond donors (Lipinski definition) is 2. The van der Waals surface area contributed by atoms with E-state index in [1.165, 1.54) is 0 Å². The Kier molecular flexibility index (Phi) is 5.26. The van der Waals surface area contributed by atoms with E-state index in [0.717, 1.165) is 5.65 Å². The second-order valence-corrected chi connectivity index (χ2v) is 6.32. The first kappa shape index (κ1) is 17.6. The lowest BCUT2D eigenvalue weighted by molar-refractivity contribution is -0.121. The second-order valence-electron chi connectivity index (χ2n) is 6.32. The smallest absolute Gasteiger partial charge is 0.251 e. The fourth-order valence-electron chi connectivity index (χ4n) is 2.68. The van der Waals surface area contributed by atoms with Crippen LogP contribution in [0.15, 0.2) is 54.7 Å². The minimum absolute atomic E-state index is 0.103. The molecule has 2 amide bonds. The third-order valence-corrected chi connectivity index (χ3v) is 4.05. The van der Waals surface area contributed by atoms with Crippen LogP contribution in [-0.4, -0.2) is 33.0 Å². The average Bonchev–Trinajstić information content (AvgIpc) is 3.08. The summed E-state index contributed by atoms with van der Waals surface area (Å²) in [6.45, 7) is 3.89. The summed E-state index contributed by atoms with van der Waals surface area (Å²) in [5, 5.41) is 13.9. The molecule has 0 bridgehead atoms. The molecule has 0 aliphatic heterocycles. The zero-order valence-corrected chi connectivity index (χ0v) is 14.7. The van der Waals surface area contributed by atoms with E-state index in [9.17, 15) is 9.59 Å². The molecule has 3 aromatic rings. The van der Waals surface area contributed by atoms with Gasteiger partial charge in [0.1, 0.15) is 0 Å². The normalized spacial score (nSPS) is 12.1. The number of hydrogen-bond acceptors (Lipinski definition) is 4. The largest absolute Gasteiger partial charge is 0.344 e. The third-order valence-electron chi connectivity index (χ3n) is 4.05. The zero-order valence-electron chi connectivity index (χ0n) is 14.7. The molecule has 7 heteroatoms. The number of nitrogens with zero attached hydrogens (tertiary/aromatic N) is 3. The van der Waals surface area contributed by atoms with Crippen molar-refractivity contribution >= 4 is 17.5 Å². The van der Waals surface area contributed by atoms with Crippen LogP contribution in [0.2, 0.25) is 0 Å². The van der Waals surface area contributed by atoms with Gasteiger partial charge in [0, 0.05) is 11.8 Å². The highest BCUT2D eigenvalue weighted by atomic mass is 16.2. The van der Waals surface area contributed by atoms with E-state index in [1.807, 2.05) is 48.7 Å². The van der Waals surface area contributed by atoms with Crippen molar-refractivity contribution in [3.8, 4) is 0 Å². The Morgan fingerprint density at radius 3 is 2.50 bits per heavy atom. The summed E-state index contributed by atoms with van der Waals surface area (Å²) in [6.07, 6.45) is 1.86. The molecular weight excluding hydrogens is 330 g/mol. The molecule has 0 spiro atoms. The maximum Gasteiger partial charge on any atom is 0.251 e. The van der Waals surface area contributed by atoms with Gasteiger partial charge in [-0.05, 0) is 30.2 Å². The van der Waals surface area contributed by atoms with Gasteiger partial charge >= 0.3 is 0 Å². The lowest BCUT2D eigenvalue weighted by atomic mass is 10.0. The van der Waals surface area contributed by atoms with Crippen molar-refractivity contribution in [3.05, 3.63) is 66.1 Å². The zero-order chi connectivity index (χ0) is 18.5. The van der Waals surface area contributed by atoms with Crippen LogP contribution < -0.4 is 10.6 Å². The number of amides is 2. The number of rotatable bonds is 6. The van der Waals surface area contributed by atoms with E-state index >= 15 is 0 Å². The average molecular weight is 351 g/mol. The number of aromatic nitrogens is 3. The van der Waals surface area contributed by atoms with Gasteiger partial charge in [0.15, 0.2) is 11.5 Å². The Balaban J connectivity index is 1.67. The van der Waals surface area contributed by atoms with E-state index in [-0.39, 0.29) is 30.3 Å². The van der Waals surface area contributed by atoms with E-state index < -0.39 is 0 Å². The lowest BCUT2D eigenvalue weighted by Crippen LogP contribution is -2.40. The Hall–Kier alpha value is -3.22. The number of nitrogens with one attached hydrogen (secondary N) is 2. The molecule has 134 valence electrons. The quantitative estimate of drug-likeness (QED) is 0.711. The Morgan fingerprint density at radius 2 is 1.77 bits per heavy atom. The Morgan fingerprint density at radius 1 is 1.04 bits per heavy atom. The highest BCUT2D eigenvalue weighted by Crippen LogP contribution is 2.20. The molecule has 0 unspecified atom stereocenters. The van der Waals surface area contributed by atoms with E-state index in [0.29, 0.717) is 11.4 Å². The van der Waals surface area contributed by atoms with Crippen LogP contribution in [0.3, 0.4) is 0 Å². The molecule has 2 aromatic heterocycles. The number of benzene rings is 1. The molecule has 0 saturated carbocycles. The van der Waals surface area contributed by atoms with Crippen LogP contribution in [-0.2, 0) is 4.79 Å². The maximum atomic E-state index is 12.3. The van der Waals surface area contributed by atoms with Gasteiger partial charge in [-0.3, -0.25) is 14.0 Å². The minimum Gasteiger partial charge on any atom is -0.344 e. The highest BCUT2D eigenvalue weighted by Gasteiger charge is 2.23. The molecule has 26 heavy (non-hydrogen) atoms. The fraction of sp³-hybridized carbons (Fsp3) is 0.263. The van der Waals surface area contributed by atoms with Crippen LogP contribution in [0, 0.1) is 5.92 Å². The molecule has 0 aliphatic carbocycles. The molecule has 0 fully saturated rings. The molecule has 2 N–H and O–H groups in total. The van der Waals surface area contributed by atoms with Gasteiger partial charge in [0.2, 0.25) is 5.91 Å². The lowest BCUT2D eigenvalue weighted by Gasteiger charge is -2.21. The van der Waals surface area contributed by atoms with Crippen molar-refractivity contribution in [1.82, 2.24) is 25.2 Å². The van der Waals surface area contributed by atoms with Gasteiger partial charge in [-0.15, -0.1) is 10.2 Å². The van der Waals surface area contributed by atoms with Crippen molar-refractivity contribution in [1.29, 1.82) is 0 Å². The van der Waals surface area contributed by atoms with Crippen molar-refractivity contribution in [2.75, 3.05) is 6.54 Å². The molecule has 1 atom stereocenters. The van der Waals surface area contributed by atoms with Crippen molar-refractivity contribution < 1.29 is 9.59 Å². The highest BCUT2D eigenvalue weighted by molar-refractivity contribution is 5.96. The first-order chi connectivity index (χ1) is 12.6. The van der Waals surface area contributed by atoms with Crippen molar-refractivity contribution in [2.45, 2.75) is 19.9 Å². The minimum atomic E-state index is -0.312. The third kappa shape index (κ3) is 3.88. The van der Waals surface area contributed by atoms with Gasteiger partial charge in [-0.25, -0.2) is 0 Å². The second kappa shape index (κ2) is 7.77. The topological polar surface area (TPSA) is 88.4 Å². The van der Waals surface area contributed by atoms with Gasteiger partial charge in [0.25, 0.3) is 5.91 Å². The van der Waals surface area contributed by atoms with E-state index in [1.54, 1.807) is 24.3 Å². The first-order valence-corrected chi connectivity index (χ1v) is 8.48. The standard InChI is InChI=1S/C19H21N5O2/c1-13(2)17(18-23-22-15-10-6-7-11-24(15)18)21-16(25)12-20-19(26)14-8-4-3-5-9-14/h3-11,13,17H,12H2,1-2H3,(H,20,26)(H,21,25)/t17-/m0/s1. The van der Waals surface area contributed by atoms with Crippen LogP contribution in [0.5, 0.6) is 0 Å². The van der Waals surface area contributed by atoms with Crippen molar-refractivity contribution in [2.24, 2.45) is 5.92 Å². The number of pyridine rings is 1. The maximum absolute atomic E-state index is 12.3. The van der Waals surface area contributed by atoms with Crippen molar-refractivity contribution in [3.63, 3.8) is 0 Å². The van der Waals surface area contributed by atoms with Gasteiger partial charge in [-0.2, -0.15) is 0 Å². The summed E-state index contributed by atoms with van der Waals surface area (Å²) in [6, 6.07) is 14.1. The van der Waals surface area contributed by atoms with Crippen LogP contribution in [0.25, 0.3) is 5.65 Å². The summed E-state index contributed by atoms with van der Waals surface area (Å²) in [5.41, 5.74) is 1.24. The number of carbonyl (C=O) groups excluding carboxylic acids is 2. The van der Waals surface area contributed by atoms with E-state index in [4.69, 9.17) is 0 Å². The fourth-order valence-corrected chi connectivity index (χ4v) is 2.68. The predicted molar refractivity (Wildman–Crippen MR) is 97.5 cm³/mol. The van der Waals surface area contributed by atoms with E-state index in [2.05, 4.69) is 20.8 Å². The van der Waals surface area contributed by atoms with Gasteiger partial charge < -0.3 is 10.6 Å². The molecule has 0 radical (unpaired) electrons. The SMILES string of the molecule is CC(C)[C@H](NC(=O)CNC(=O)c1ccccc1)c1nnc2ccccn12. The first-order valence-electron chi connectivity index (χ1n) is 8.48. The van der Waals surface area contributed by atoms with Gasteiger partial charge in [0.05, 0.1) is 12.6 Å². The molecule has 7 nitrogen and oxygen atoms in total. The van der Waals surface area contributed by atoms with Crippen LogP contribution in [0.4, 0.5) is 0 Å². The van der Waals surface area contributed by atoms with Gasteiger partial charge in [-0.1, -0.05) is 38.1 Å². The molecule has 2 heterocycles. The summed E-state index contributed by atoms with van der Waals surface area (Å²) >= 11 is 0. The molecular formula is C19H21N5O2. The van der Waals surface area contributed by atoms with Crippen LogP contribution in [0.1, 0.15) is 36.1 Å². The predicted octanol–water partition coefficient (Wildman–Crippen LogP) is 1.97. The summed E-state index contributed by atoms with van der Waals surface area (Å²) < 4.78 is 1.85. The van der Waals surface area contributed by atoms with Crippen LogP contribution >= 0.6 is 0 Å².